The maximum Gasteiger partial charge on any atom is 0.334 e. The van der Waals surface area contributed by atoms with E-state index in [2.05, 4.69) is 29.2 Å². The van der Waals surface area contributed by atoms with Crippen LogP contribution >= 0.6 is 0 Å². The van der Waals surface area contributed by atoms with E-state index in [9.17, 15) is 14.4 Å². The van der Waals surface area contributed by atoms with E-state index >= 15 is 0 Å². The van der Waals surface area contributed by atoms with Crippen LogP contribution in [0.5, 0.6) is 0 Å². The number of nitrogens with zero attached hydrogens (tertiary/aromatic N) is 5. The number of carbonyl (C=O) groups excluding carboxylic acids is 3. The molecule has 2 aliphatic heterocycles. The summed E-state index contributed by atoms with van der Waals surface area (Å²) in [5, 5.41) is 11.0. The van der Waals surface area contributed by atoms with Crippen molar-refractivity contribution in [3.05, 3.63) is 35.0 Å². The number of hydrogen-bond donors (Lipinski definition) is 2. The van der Waals surface area contributed by atoms with Gasteiger partial charge in [-0.2, -0.15) is 5.10 Å². The molecule has 0 bridgehead atoms. The number of likely N-dealkylation sites (N-methyl/N-ethyl adjacent to an activating group) is 1. The normalized spacial score (nSPS) is 25.2. The Morgan fingerprint density at radius 1 is 1.05 bits per heavy atom. The number of hydrogen-bond acceptors (Lipinski definition) is 7. The van der Waals surface area contributed by atoms with E-state index in [1.165, 1.54) is 5.01 Å². The van der Waals surface area contributed by atoms with Crippen LogP contribution < -0.4 is 10.7 Å². The number of H-pyrrole nitrogens is 1. The average Bonchev–Trinajstić information content (AvgIpc) is 3.67. The standard InChI is InChI=1S/C28H37N7O4/c1-32(2)19-10-11-33(16-19)27(37)18-8-6-17(7-9-18)24-23-25(31-30-24)20-4-3-5-21(22(20)26(23)36)35(28(29)38)34-12-14-39-15-13-34/h3-5,17-19H,6-16H2,1-2H3,(H2,29,38)(H,30,31). The van der Waals surface area contributed by atoms with Gasteiger partial charge in [-0.25, -0.2) is 14.8 Å². The van der Waals surface area contributed by atoms with Gasteiger partial charge < -0.3 is 20.3 Å². The summed E-state index contributed by atoms with van der Waals surface area (Å²) < 4.78 is 5.44. The predicted molar refractivity (Wildman–Crippen MR) is 145 cm³/mol. The minimum absolute atomic E-state index is 0.0373. The second-order valence-corrected chi connectivity index (χ2v) is 11.3. The van der Waals surface area contributed by atoms with Crippen molar-refractivity contribution in [2.24, 2.45) is 11.7 Å². The second-order valence-electron chi connectivity index (χ2n) is 11.3. The van der Waals surface area contributed by atoms with E-state index in [1.807, 2.05) is 22.0 Å². The molecule has 2 aliphatic carbocycles. The van der Waals surface area contributed by atoms with Gasteiger partial charge in [0, 0.05) is 49.6 Å². The Hall–Kier alpha value is -3.28. The van der Waals surface area contributed by atoms with Crippen molar-refractivity contribution in [1.82, 2.24) is 25.0 Å². The highest BCUT2D eigenvalue weighted by Crippen LogP contribution is 2.46. The summed E-state index contributed by atoms with van der Waals surface area (Å²) in [4.78, 5) is 43.9. The summed E-state index contributed by atoms with van der Waals surface area (Å²) in [5.41, 5.74) is 9.52. The lowest BCUT2D eigenvalue weighted by Gasteiger charge is -2.36. The number of nitrogens with one attached hydrogen (secondary N) is 1. The van der Waals surface area contributed by atoms with E-state index in [4.69, 9.17) is 10.5 Å². The van der Waals surface area contributed by atoms with Crippen molar-refractivity contribution >= 4 is 23.4 Å². The molecular formula is C28H37N7O4. The predicted octanol–water partition coefficient (Wildman–Crippen LogP) is 2.19. The first-order chi connectivity index (χ1) is 18.8. The lowest BCUT2D eigenvalue weighted by molar-refractivity contribution is -0.135. The van der Waals surface area contributed by atoms with E-state index in [0.717, 1.165) is 50.9 Å². The minimum atomic E-state index is -0.637. The molecule has 1 saturated carbocycles. The summed E-state index contributed by atoms with van der Waals surface area (Å²) in [6.45, 7) is 3.62. The van der Waals surface area contributed by atoms with Crippen LogP contribution in [0.1, 0.15) is 59.6 Å². The number of ketones is 1. The van der Waals surface area contributed by atoms with Gasteiger partial charge in [0.2, 0.25) is 5.91 Å². The third kappa shape index (κ3) is 4.52. The zero-order valence-corrected chi connectivity index (χ0v) is 22.7. The molecule has 1 unspecified atom stereocenters. The maximum absolute atomic E-state index is 13.9. The summed E-state index contributed by atoms with van der Waals surface area (Å²) in [7, 11) is 4.15. The SMILES string of the molecule is CN(C)C1CCN(C(=O)C2CCC(c3[nH]nc4c3C(=O)c3c-4cccc3N(C(N)=O)N3CCOCC3)CC2)C1. The summed E-state index contributed by atoms with van der Waals surface area (Å²) in [5.74, 6) is 0.307. The molecule has 1 atom stereocenters. The number of ether oxygens (including phenoxy) is 1. The number of morpholine rings is 1. The number of amides is 3. The number of nitrogens with two attached hydrogens (primary N) is 1. The third-order valence-electron chi connectivity index (χ3n) is 8.94. The topological polar surface area (TPSA) is 128 Å². The molecule has 0 radical (unpaired) electrons. The van der Waals surface area contributed by atoms with Gasteiger partial charge in [-0.05, 0) is 52.3 Å². The molecule has 1 aromatic heterocycles. The van der Waals surface area contributed by atoms with Crippen LogP contribution in [0.15, 0.2) is 18.2 Å². The Kier molecular flexibility index (Phi) is 6.90. The highest BCUT2D eigenvalue weighted by molar-refractivity contribution is 6.25. The Morgan fingerprint density at radius 3 is 2.46 bits per heavy atom. The van der Waals surface area contributed by atoms with Gasteiger partial charge in [0.15, 0.2) is 5.78 Å². The number of anilines is 1. The molecule has 6 rings (SSSR count). The molecular weight excluding hydrogens is 498 g/mol. The molecule has 11 nitrogen and oxygen atoms in total. The minimum Gasteiger partial charge on any atom is -0.379 e. The summed E-state index contributed by atoms with van der Waals surface area (Å²) >= 11 is 0. The molecule has 3 amide bonds. The van der Waals surface area contributed by atoms with Crippen LogP contribution in [0.25, 0.3) is 11.3 Å². The number of primary amides is 1. The van der Waals surface area contributed by atoms with Crippen LogP contribution in [0, 0.1) is 5.92 Å². The van der Waals surface area contributed by atoms with E-state index in [1.54, 1.807) is 6.07 Å². The highest BCUT2D eigenvalue weighted by atomic mass is 16.5. The first-order valence-corrected chi connectivity index (χ1v) is 14.0. The van der Waals surface area contributed by atoms with Gasteiger partial charge >= 0.3 is 6.03 Å². The molecule has 11 heteroatoms. The van der Waals surface area contributed by atoms with Crippen LogP contribution in [-0.4, -0.2) is 102 Å². The fraction of sp³-hybridized carbons (Fsp3) is 0.571. The number of carbonyl (C=O) groups is 3. The number of urea groups is 1. The lowest BCUT2D eigenvalue weighted by atomic mass is 9.79. The van der Waals surface area contributed by atoms with Crippen molar-refractivity contribution in [2.45, 2.75) is 44.1 Å². The van der Waals surface area contributed by atoms with E-state index in [-0.39, 0.29) is 23.5 Å². The molecule has 208 valence electrons. The van der Waals surface area contributed by atoms with Crippen LogP contribution in [-0.2, 0) is 9.53 Å². The first kappa shape index (κ1) is 26.0. The zero-order chi connectivity index (χ0) is 27.3. The number of aromatic nitrogens is 2. The molecule has 1 aromatic carbocycles. The number of hydrazine groups is 1. The van der Waals surface area contributed by atoms with Crippen LogP contribution in [0.4, 0.5) is 10.5 Å². The Morgan fingerprint density at radius 2 is 1.79 bits per heavy atom. The fourth-order valence-electron chi connectivity index (χ4n) is 6.77. The average molecular weight is 536 g/mol. The van der Waals surface area contributed by atoms with Crippen LogP contribution in [0.2, 0.25) is 0 Å². The molecule has 2 saturated heterocycles. The Balaban J connectivity index is 1.20. The quantitative estimate of drug-likeness (QED) is 0.513. The lowest BCUT2D eigenvalue weighted by Crippen LogP contribution is -2.54. The summed E-state index contributed by atoms with van der Waals surface area (Å²) in [6, 6.07) is 5.27. The summed E-state index contributed by atoms with van der Waals surface area (Å²) in [6.07, 6.45) is 4.29. The van der Waals surface area contributed by atoms with Gasteiger partial charge in [0.25, 0.3) is 0 Å². The number of fused-ring (bicyclic) bond motifs is 3. The Labute approximate surface area is 228 Å². The number of aromatic amines is 1. The van der Waals surface area contributed by atoms with Crippen molar-refractivity contribution in [1.29, 1.82) is 0 Å². The number of rotatable bonds is 5. The smallest absolute Gasteiger partial charge is 0.334 e. The molecule has 4 aliphatic rings. The zero-order valence-electron chi connectivity index (χ0n) is 22.7. The van der Waals surface area contributed by atoms with Gasteiger partial charge in [-0.1, -0.05) is 12.1 Å². The highest BCUT2D eigenvalue weighted by Gasteiger charge is 2.41. The fourth-order valence-corrected chi connectivity index (χ4v) is 6.77. The molecule has 39 heavy (non-hydrogen) atoms. The van der Waals surface area contributed by atoms with Crippen molar-refractivity contribution in [3.63, 3.8) is 0 Å². The second kappa shape index (κ2) is 10.4. The molecule has 3 N–H and O–H groups in total. The number of benzene rings is 1. The van der Waals surface area contributed by atoms with Gasteiger partial charge in [-0.15, -0.1) is 0 Å². The largest absolute Gasteiger partial charge is 0.379 e. The monoisotopic (exact) mass is 535 g/mol. The number of likely N-dealkylation sites (tertiary alicyclic amines) is 1. The van der Waals surface area contributed by atoms with Crippen LogP contribution in [0.3, 0.4) is 0 Å². The van der Waals surface area contributed by atoms with Crippen molar-refractivity contribution in [3.8, 4) is 11.3 Å². The Bertz CT molecular complexity index is 1280. The van der Waals surface area contributed by atoms with E-state index < -0.39 is 6.03 Å². The first-order valence-electron chi connectivity index (χ1n) is 14.0. The van der Waals surface area contributed by atoms with E-state index in [0.29, 0.717) is 60.4 Å². The molecule has 3 fully saturated rings. The maximum atomic E-state index is 13.9. The van der Waals surface area contributed by atoms with Gasteiger partial charge in [0.1, 0.15) is 5.69 Å². The molecule has 2 aromatic rings. The molecule has 3 heterocycles. The van der Waals surface area contributed by atoms with Gasteiger partial charge in [0.05, 0.1) is 35.7 Å². The van der Waals surface area contributed by atoms with Crippen molar-refractivity contribution < 1.29 is 19.1 Å². The third-order valence-corrected chi connectivity index (χ3v) is 8.94. The van der Waals surface area contributed by atoms with Crippen molar-refractivity contribution in [2.75, 3.05) is 58.5 Å². The van der Waals surface area contributed by atoms with Gasteiger partial charge in [-0.3, -0.25) is 14.7 Å². The molecule has 0 spiro atoms.